The number of thioether (sulfide) groups is 1. The van der Waals surface area contributed by atoms with Gasteiger partial charge in [-0.25, -0.2) is 0 Å². The summed E-state index contributed by atoms with van der Waals surface area (Å²) in [6, 6.07) is 0. The van der Waals surface area contributed by atoms with E-state index in [1.165, 1.54) is 24.6 Å². The van der Waals surface area contributed by atoms with Gasteiger partial charge in [0.25, 0.3) is 0 Å². The molecule has 2 saturated heterocycles. The lowest BCUT2D eigenvalue weighted by Gasteiger charge is -2.30. The van der Waals surface area contributed by atoms with Crippen molar-refractivity contribution in [1.82, 2.24) is 10.2 Å². The lowest BCUT2D eigenvalue weighted by Crippen LogP contribution is -2.38. The molecule has 3 nitrogen and oxygen atoms in total. The highest BCUT2D eigenvalue weighted by Gasteiger charge is 2.22. The van der Waals surface area contributed by atoms with Gasteiger partial charge in [-0.15, -0.1) is 0 Å². The van der Waals surface area contributed by atoms with E-state index < -0.39 is 0 Å². The molecule has 2 aliphatic rings. The summed E-state index contributed by atoms with van der Waals surface area (Å²) in [7, 11) is 0. The molecule has 0 radical (unpaired) electrons. The third kappa shape index (κ3) is 3.91. The Balaban J connectivity index is 1.63. The maximum absolute atomic E-state index is 10.1. The SMILES string of the molecule is OC(CCN1CCSCC1)C1CCNCC1. The van der Waals surface area contributed by atoms with Crippen molar-refractivity contribution in [3.63, 3.8) is 0 Å². The average molecular weight is 244 g/mol. The fraction of sp³-hybridized carbons (Fsp3) is 1.00. The van der Waals surface area contributed by atoms with Crippen molar-refractivity contribution in [3.05, 3.63) is 0 Å². The van der Waals surface area contributed by atoms with Crippen molar-refractivity contribution in [3.8, 4) is 0 Å². The van der Waals surface area contributed by atoms with Gasteiger partial charge in [0.15, 0.2) is 0 Å². The largest absolute Gasteiger partial charge is 0.393 e. The van der Waals surface area contributed by atoms with Crippen molar-refractivity contribution in [1.29, 1.82) is 0 Å². The van der Waals surface area contributed by atoms with Crippen molar-refractivity contribution >= 4 is 11.8 Å². The van der Waals surface area contributed by atoms with Crippen LogP contribution in [0.1, 0.15) is 19.3 Å². The van der Waals surface area contributed by atoms with E-state index in [4.69, 9.17) is 0 Å². The number of aliphatic hydroxyl groups is 1. The third-order valence-electron chi connectivity index (χ3n) is 3.77. The minimum absolute atomic E-state index is 0.0725. The number of piperidine rings is 1. The minimum atomic E-state index is -0.0725. The average Bonchev–Trinajstić information content (AvgIpc) is 2.38. The van der Waals surface area contributed by atoms with Crippen LogP contribution in [-0.4, -0.2) is 60.3 Å². The van der Waals surface area contributed by atoms with Crippen LogP contribution in [0.4, 0.5) is 0 Å². The van der Waals surface area contributed by atoms with E-state index in [1.54, 1.807) is 0 Å². The number of hydrogen-bond acceptors (Lipinski definition) is 4. The van der Waals surface area contributed by atoms with Gasteiger partial charge in [-0.3, -0.25) is 0 Å². The van der Waals surface area contributed by atoms with Gasteiger partial charge in [-0.2, -0.15) is 11.8 Å². The first-order valence-electron chi connectivity index (χ1n) is 6.55. The predicted octanol–water partition coefficient (Wildman–Crippen LogP) is 0.786. The molecule has 0 aromatic rings. The summed E-state index contributed by atoms with van der Waals surface area (Å²) < 4.78 is 0. The molecule has 4 heteroatoms. The molecule has 2 rings (SSSR count). The Morgan fingerprint density at radius 1 is 1.25 bits per heavy atom. The standard InChI is InChI=1S/C12H24N2OS/c15-12(11-1-4-13-5-2-11)3-6-14-7-9-16-10-8-14/h11-13,15H,1-10H2. The van der Waals surface area contributed by atoms with Crippen molar-refractivity contribution < 1.29 is 5.11 Å². The van der Waals surface area contributed by atoms with Crippen LogP contribution in [0.25, 0.3) is 0 Å². The van der Waals surface area contributed by atoms with E-state index in [0.29, 0.717) is 5.92 Å². The zero-order chi connectivity index (χ0) is 11.2. The Kier molecular flexibility index (Phi) is 5.42. The van der Waals surface area contributed by atoms with Crippen LogP contribution < -0.4 is 5.32 Å². The van der Waals surface area contributed by atoms with Gasteiger partial charge in [0, 0.05) is 31.1 Å². The summed E-state index contributed by atoms with van der Waals surface area (Å²) in [6.45, 7) is 5.68. The summed E-state index contributed by atoms with van der Waals surface area (Å²) in [6.07, 6.45) is 3.19. The monoisotopic (exact) mass is 244 g/mol. The molecule has 1 atom stereocenters. The lowest BCUT2D eigenvalue weighted by atomic mass is 9.90. The van der Waals surface area contributed by atoms with Crippen molar-refractivity contribution in [2.45, 2.75) is 25.4 Å². The molecule has 1 unspecified atom stereocenters. The molecule has 2 heterocycles. The smallest absolute Gasteiger partial charge is 0.0581 e. The van der Waals surface area contributed by atoms with E-state index in [9.17, 15) is 5.11 Å². The molecular weight excluding hydrogens is 220 g/mol. The number of rotatable bonds is 4. The Hall–Kier alpha value is 0.230. The first-order chi connectivity index (χ1) is 7.86. The molecule has 0 aromatic heterocycles. The predicted molar refractivity (Wildman–Crippen MR) is 70.0 cm³/mol. The summed E-state index contributed by atoms with van der Waals surface area (Å²) in [4.78, 5) is 2.50. The van der Waals surface area contributed by atoms with Crippen LogP contribution >= 0.6 is 11.8 Å². The molecule has 2 fully saturated rings. The van der Waals surface area contributed by atoms with Crippen LogP contribution in [0.2, 0.25) is 0 Å². The number of aliphatic hydroxyl groups excluding tert-OH is 1. The summed E-state index contributed by atoms with van der Waals surface area (Å²) >= 11 is 2.05. The van der Waals surface area contributed by atoms with Crippen molar-refractivity contribution in [2.75, 3.05) is 44.2 Å². The second-order valence-corrected chi connectivity index (χ2v) is 6.12. The number of nitrogens with zero attached hydrogens (tertiary/aromatic N) is 1. The second-order valence-electron chi connectivity index (χ2n) is 4.90. The highest BCUT2D eigenvalue weighted by molar-refractivity contribution is 7.99. The maximum atomic E-state index is 10.1. The van der Waals surface area contributed by atoms with Gasteiger partial charge in [0.1, 0.15) is 0 Å². The number of nitrogens with one attached hydrogen (secondary N) is 1. The first-order valence-corrected chi connectivity index (χ1v) is 7.70. The summed E-state index contributed by atoms with van der Waals surface area (Å²) in [5.41, 5.74) is 0. The van der Waals surface area contributed by atoms with Crippen LogP contribution in [0, 0.1) is 5.92 Å². The van der Waals surface area contributed by atoms with Crippen LogP contribution in [0.15, 0.2) is 0 Å². The Morgan fingerprint density at radius 2 is 1.94 bits per heavy atom. The molecule has 0 amide bonds. The molecule has 2 N–H and O–H groups in total. The molecule has 0 bridgehead atoms. The molecule has 0 spiro atoms. The van der Waals surface area contributed by atoms with E-state index in [1.807, 2.05) is 11.8 Å². The van der Waals surface area contributed by atoms with Crippen molar-refractivity contribution in [2.24, 2.45) is 5.92 Å². The normalized spacial score (nSPS) is 26.8. The Morgan fingerprint density at radius 3 is 2.62 bits per heavy atom. The lowest BCUT2D eigenvalue weighted by molar-refractivity contribution is 0.0705. The molecule has 94 valence electrons. The molecule has 0 aliphatic carbocycles. The van der Waals surface area contributed by atoms with E-state index in [-0.39, 0.29) is 6.10 Å². The zero-order valence-corrected chi connectivity index (χ0v) is 10.8. The summed E-state index contributed by atoms with van der Waals surface area (Å²) in [5.74, 6) is 3.08. The van der Waals surface area contributed by atoms with Gasteiger partial charge >= 0.3 is 0 Å². The highest BCUT2D eigenvalue weighted by atomic mass is 32.2. The van der Waals surface area contributed by atoms with Crippen LogP contribution in [0.5, 0.6) is 0 Å². The van der Waals surface area contributed by atoms with Gasteiger partial charge in [0.05, 0.1) is 6.10 Å². The highest BCUT2D eigenvalue weighted by Crippen LogP contribution is 2.19. The molecule has 0 aromatic carbocycles. The molecular formula is C12H24N2OS. The van der Waals surface area contributed by atoms with Crippen LogP contribution in [0.3, 0.4) is 0 Å². The quantitative estimate of drug-likeness (QED) is 0.766. The van der Waals surface area contributed by atoms with Gasteiger partial charge < -0.3 is 15.3 Å². The number of hydrogen-bond donors (Lipinski definition) is 2. The van der Waals surface area contributed by atoms with Gasteiger partial charge in [-0.05, 0) is 38.3 Å². The summed E-state index contributed by atoms with van der Waals surface area (Å²) in [5, 5.41) is 13.5. The third-order valence-corrected chi connectivity index (χ3v) is 4.72. The maximum Gasteiger partial charge on any atom is 0.0581 e. The van der Waals surface area contributed by atoms with E-state index in [2.05, 4.69) is 10.2 Å². The van der Waals surface area contributed by atoms with Gasteiger partial charge in [-0.1, -0.05) is 0 Å². The van der Waals surface area contributed by atoms with E-state index in [0.717, 1.165) is 38.9 Å². The molecule has 0 saturated carbocycles. The molecule has 2 aliphatic heterocycles. The van der Waals surface area contributed by atoms with Gasteiger partial charge in [0.2, 0.25) is 0 Å². The fourth-order valence-electron chi connectivity index (χ4n) is 2.60. The molecule has 16 heavy (non-hydrogen) atoms. The Bertz CT molecular complexity index is 191. The first kappa shape index (κ1) is 12.7. The fourth-order valence-corrected chi connectivity index (χ4v) is 3.58. The topological polar surface area (TPSA) is 35.5 Å². The minimum Gasteiger partial charge on any atom is -0.393 e. The Labute approximate surface area is 103 Å². The van der Waals surface area contributed by atoms with Crippen LogP contribution in [-0.2, 0) is 0 Å². The zero-order valence-electron chi connectivity index (χ0n) is 10.0. The second kappa shape index (κ2) is 6.84. The van der Waals surface area contributed by atoms with E-state index >= 15 is 0 Å².